The second kappa shape index (κ2) is 5.62. The molecule has 0 fully saturated rings. The van der Waals surface area contributed by atoms with Crippen molar-refractivity contribution >= 4 is 43.0 Å². The summed E-state index contributed by atoms with van der Waals surface area (Å²) < 4.78 is 64.5. The number of aryl methyl sites for hydroxylation is 1. The van der Waals surface area contributed by atoms with Gasteiger partial charge in [0.2, 0.25) is 0 Å². The van der Waals surface area contributed by atoms with Gasteiger partial charge in [0.25, 0.3) is 10.0 Å². The molecule has 2 rings (SSSR count). The lowest BCUT2D eigenvalue weighted by Gasteiger charge is -2.09. The van der Waals surface area contributed by atoms with Gasteiger partial charge in [-0.2, -0.15) is 13.2 Å². The Morgan fingerprint density at radius 3 is 2.19 bits per heavy atom. The standard InChI is InChI=1S/C12H9BrF3NO2S2/c1-7-6-10(20-11(7)13)21(18,19)17-9-4-2-8(3-5-9)12(14,15)16/h2-6,17H,1H3. The van der Waals surface area contributed by atoms with Crippen LogP contribution in [-0.2, 0) is 16.2 Å². The second-order valence-corrected chi connectivity index (χ2v) is 8.48. The third kappa shape index (κ3) is 3.78. The maximum atomic E-state index is 12.4. The predicted molar refractivity (Wildman–Crippen MR) is 79.0 cm³/mol. The zero-order valence-corrected chi connectivity index (χ0v) is 13.8. The molecule has 0 radical (unpaired) electrons. The highest BCUT2D eigenvalue weighted by molar-refractivity contribution is 9.11. The molecule has 0 amide bonds. The number of rotatable bonds is 3. The highest BCUT2D eigenvalue weighted by Gasteiger charge is 2.30. The van der Waals surface area contributed by atoms with E-state index in [1.165, 1.54) is 6.07 Å². The molecular weight excluding hydrogens is 391 g/mol. The molecule has 9 heteroatoms. The number of alkyl halides is 3. The van der Waals surface area contributed by atoms with Crippen molar-refractivity contribution in [2.75, 3.05) is 4.72 Å². The monoisotopic (exact) mass is 399 g/mol. The highest BCUT2D eigenvalue weighted by atomic mass is 79.9. The van der Waals surface area contributed by atoms with Gasteiger partial charge in [-0.25, -0.2) is 8.42 Å². The Labute approximate surface area is 132 Å². The Morgan fingerprint density at radius 1 is 1.19 bits per heavy atom. The minimum atomic E-state index is -4.45. The van der Waals surface area contributed by atoms with E-state index in [9.17, 15) is 21.6 Å². The number of halogens is 4. The van der Waals surface area contributed by atoms with Crippen molar-refractivity contribution < 1.29 is 21.6 Å². The van der Waals surface area contributed by atoms with Gasteiger partial charge in [0.15, 0.2) is 0 Å². The zero-order chi connectivity index (χ0) is 15.8. The van der Waals surface area contributed by atoms with Crippen LogP contribution in [0.4, 0.5) is 18.9 Å². The molecule has 21 heavy (non-hydrogen) atoms. The summed E-state index contributed by atoms with van der Waals surface area (Å²) >= 11 is 4.26. The summed E-state index contributed by atoms with van der Waals surface area (Å²) in [6.07, 6.45) is -4.45. The summed E-state index contributed by atoms with van der Waals surface area (Å²) in [5, 5.41) is 0. The minimum absolute atomic E-state index is 0.0742. The van der Waals surface area contributed by atoms with E-state index in [-0.39, 0.29) is 9.90 Å². The van der Waals surface area contributed by atoms with Crippen LogP contribution in [0.1, 0.15) is 11.1 Å². The van der Waals surface area contributed by atoms with Crippen LogP contribution in [0.3, 0.4) is 0 Å². The van der Waals surface area contributed by atoms with Gasteiger partial charge in [-0.3, -0.25) is 4.72 Å². The molecule has 114 valence electrons. The number of hydrogen-bond acceptors (Lipinski definition) is 3. The van der Waals surface area contributed by atoms with Crippen LogP contribution in [0, 0.1) is 6.92 Å². The van der Waals surface area contributed by atoms with E-state index in [4.69, 9.17) is 0 Å². The number of nitrogens with one attached hydrogen (secondary N) is 1. The van der Waals surface area contributed by atoms with Crippen molar-refractivity contribution in [3.8, 4) is 0 Å². The fraction of sp³-hybridized carbons (Fsp3) is 0.167. The normalized spacial score (nSPS) is 12.4. The van der Waals surface area contributed by atoms with Crippen molar-refractivity contribution in [1.82, 2.24) is 0 Å². The molecule has 0 atom stereocenters. The number of hydrogen-bond donors (Lipinski definition) is 1. The quantitative estimate of drug-likeness (QED) is 0.816. The van der Waals surface area contributed by atoms with E-state index in [2.05, 4.69) is 20.7 Å². The van der Waals surface area contributed by atoms with E-state index in [0.717, 1.165) is 41.2 Å². The van der Waals surface area contributed by atoms with Gasteiger partial charge in [-0.1, -0.05) is 0 Å². The molecule has 0 bridgehead atoms. The number of anilines is 1. The summed E-state index contributed by atoms with van der Waals surface area (Å²) in [5.74, 6) is 0. The van der Waals surface area contributed by atoms with Crippen molar-refractivity contribution in [1.29, 1.82) is 0 Å². The van der Waals surface area contributed by atoms with E-state index < -0.39 is 21.8 Å². The molecule has 2 aromatic rings. The van der Waals surface area contributed by atoms with Crippen LogP contribution in [0.2, 0.25) is 0 Å². The second-order valence-electron chi connectivity index (χ2n) is 4.20. The van der Waals surface area contributed by atoms with Crippen LogP contribution in [0.5, 0.6) is 0 Å². The average molecular weight is 400 g/mol. The first-order valence-electron chi connectivity index (χ1n) is 5.55. The van der Waals surface area contributed by atoms with Crippen molar-refractivity contribution in [3.63, 3.8) is 0 Å². The maximum Gasteiger partial charge on any atom is 0.416 e. The van der Waals surface area contributed by atoms with Crippen LogP contribution in [-0.4, -0.2) is 8.42 Å². The molecule has 1 heterocycles. The summed E-state index contributed by atoms with van der Waals surface area (Å²) in [6, 6.07) is 5.30. The van der Waals surface area contributed by atoms with Gasteiger partial charge in [0.05, 0.1) is 9.35 Å². The molecule has 0 spiro atoms. The van der Waals surface area contributed by atoms with E-state index >= 15 is 0 Å². The largest absolute Gasteiger partial charge is 0.416 e. The Balaban J connectivity index is 2.25. The van der Waals surface area contributed by atoms with Crippen LogP contribution >= 0.6 is 27.3 Å². The smallest absolute Gasteiger partial charge is 0.279 e. The van der Waals surface area contributed by atoms with Crippen LogP contribution in [0.25, 0.3) is 0 Å². The lowest BCUT2D eigenvalue weighted by molar-refractivity contribution is -0.137. The third-order valence-corrected chi connectivity index (χ3v) is 6.56. The minimum Gasteiger partial charge on any atom is -0.279 e. The fourth-order valence-corrected chi connectivity index (χ4v) is 4.78. The lowest BCUT2D eigenvalue weighted by Crippen LogP contribution is -2.12. The van der Waals surface area contributed by atoms with Gasteiger partial charge < -0.3 is 0 Å². The summed E-state index contributed by atoms with van der Waals surface area (Å²) in [5.41, 5.74) is 0.0122. The molecule has 0 saturated heterocycles. The molecule has 3 nitrogen and oxygen atoms in total. The summed E-state index contributed by atoms with van der Waals surface area (Å²) in [7, 11) is -3.81. The van der Waals surface area contributed by atoms with Crippen molar-refractivity contribution in [2.45, 2.75) is 17.3 Å². The first-order chi connectivity index (χ1) is 9.59. The number of benzene rings is 1. The van der Waals surface area contributed by atoms with Gasteiger partial charge in [0, 0.05) is 5.69 Å². The van der Waals surface area contributed by atoms with Gasteiger partial charge in [0.1, 0.15) is 4.21 Å². The fourth-order valence-electron chi connectivity index (χ4n) is 1.50. The Morgan fingerprint density at radius 2 is 1.76 bits per heavy atom. The number of thiophene rings is 1. The maximum absolute atomic E-state index is 12.4. The van der Waals surface area contributed by atoms with Gasteiger partial charge in [-0.05, 0) is 58.7 Å². The molecule has 1 aromatic carbocycles. The first-order valence-corrected chi connectivity index (χ1v) is 8.65. The SMILES string of the molecule is Cc1cc(S(=O)(=O)Nc2ccc(C(F)(F)F)cc2)sc1Br. The Kier molecular flexibility index (Phi) is 4.36. The van der Waals surface area contributed by atoms with Crippen molar-refractivity contribution in [3.05, 3.63) is 45.2 Å². The predicted octanol–water partition coefficient (Wildman–Crippen LogP) is 4.64. The lowest BCUT2D eigenvalue weighted by atomic mass is 10.2. The topological polar surface area (TPSA) is 46.2 Å². The molecule has 0 unspecified atom stereocenters. The summed E-state index contributed by atoms with van der Waals surface area (Å²) in [6.45, 7) is 1.75. The van der Waals surface area contributed by atoms with E-state index in [1.54, 1.807) is 6.92 Å². The van der Waals surface area contributed by atoms with Gasteiger partial charge in [-0.15, -0.1) is 11.3 Å². The summed E-state index contributed by atoms with van der Waals surface area (Å²) in [4.78, 5) is 0. The third-order valence-electron chi connectivity index (χ3n) is 2.56. The molecular formula is C12H9BrF3NO2S2. The van der Waals surface area contributed by atoms with Crippen LogP contribution < -0.4 is 4.72 Å². The highest BCUT2D eigenvalue weighted by Crippen LogP contribution is 2.33. The molecule has 1 aromatic heterocycles. The Hall–Kier alpha value is -1.06. The molecule has 0 aliphatic heterocycles. The molecule has 0 aliphatic carbocycles. The zero-order valence-electron chi connectivity index (χ0n) is 10.5. The molecule has 0 saturated carbocycles. The van der Waals surface area contributed by atoms with Gasteiger partial charge >= 0.3 is 6.18 Å². The first kappa shape index (κ1) is 16.3. The van der Waals surface area contributed by atoms with Crippen LogP contribution in [0.15, 0.2) is 38.3 Å². The van der Waals surface area contributed by atoms with Crippen molar-refractivity contribution in [2.24, 2.45) is 0 Å². The molecule has 0 aliphatic rings. The van der Waals surface area contributed by atoms with E-state index in [0.29, 0.717) is 3.79 Å². The average Bonchev–Trinajstić information content (AvgIpc) is 2.69. The molecule has 1 N–H and O–H groups in total. The Bertz CT molecular complexity index is 732. The van der Waals surface area contributed by atoms with E-state index in [1.807, 2.05) is 0 Å². The number of sulfonamides is 1.